The number of hydrogen-bond acceptors (Lipinski definition) is 3. The van der Waals surface area contributed by atoms with Crippen molar-refractivity contribution in [2.24, 2.45) is 5.92 Å². The zero-order chi connectivity index (χ0) is 15.4. The van der Waals surface area contributed by atoms with Crippen molar-refractivity contribution >= 4 is 17.6 Å². The summed E-state index contributed by atoms with van der Waals surface area (Å²) in [5.74, 6) is -3.72. The van der Waals surface area contributed by atoms with Gasteiger partial charge in [-0.15, -0.1) is 0 Å². The second-order valence-corrected chi connectivity index (χ2v) is 5.09. The highest BCUT2D eigenvalue weighted by Crippen LogP contribution is 2.17. The van der Waals surface area contributed by atoms with Crippen molar-refractivity contribution in [3.63, 3.8) is 0 Å². The number of rotatable bonds is 4. The molecule has 114 valence electrons. The Morgan fingerprint density at radius 3 is 2.76 bits per heavy atom. The van der Waals surface area contributed by atoms with Crippen LogP contribution in [-0.4, -0.2) is 41.5 Å². The van der Waals surface area contributed by atoms with E-state index in [1.165, 1.54) is 6.07 Å². The number of anilines is 1. The van der Waals surface area contributed by atoms with Crippen LogP contribution in [0.1, 0.15) is 12.8 Å². The van der Waals surface area contributed by atoms with E-state index in [1.54, 1.807) is 4.90 Å². The van der Waals surface area contributed by atoms with Gasteiger partial charge in [0.25, 0.3) is 0 Å². The van der Waals surface area contributed by atoms with Crippen molar-refractivity contribution in [2.75, 3.05) is 25.0 Å². The minimum Gasteiger partial charge on any atom is -0.481 e. The average molecular weight is 298 g/mol. The van der Waals surface area contributed by atoms with Gasteiger partial charge in [0.05, 0.1) is 12.5 Å². The lowest BCUT2D eigenvalue weighted by Gasteiger charge is -2.29. The molecule has 1 aliphatic heterocycles. The Morgan fingerprint density at radius 1 is 1.33 bits per heavy atom. The Labute approximate surface area is 120 Å². The van der Waals surface area contributed by atoms with Gasteiger partial charge < -0.3 is 10.4 Å². The van der Waals surface area contributed by atoms with E-state index in [9.17, 15) is 18.4 Å². The molecule has 1 unspecified atom stereocenters. The topological polar surface area (TPSA) is 69.6 Å². The summed E-state index contributed by atoms with van der Waals surface area (Å²) in [6, 6.07) is 3.11. The van der Waals surface area contributed by atoms with Gasteiger partial charge in [-0.25, -0.2) is 8.78 Å². The lowest BCUT2D eigenvalue weighted by molar-refractivity contribution is -0.144. The van der Waals surface area contributed by atoms with Crippen LogP contribution in [0.25, 0.3) is 0 Å². The summed E-state index contributed by atoms with van der Waals surface area (Å²) in [5.41, 5.74) is 0.172. The Bertz CT molecular complexity index is 551. The molecule has 1 amide bonds. The van der Waals surface area contributed by atoms with E-state index in [4.69, 9.17) is 5.11 Å². The first-order valence-corrected chi connectivity index (χ1v) is 6.66. The van der Waals surface area contributed by atoms with E-state index >= 15 is 0 Å². The molecule has 5 nitrogen and oxygen atoms in total. The average Bonchev–Trinajstić information content (AvgIpc) is 2.43. The Balaban J connectivity index is 1.89. The highest BCUT2D eigenvalue weighted by molar-refractivity contribution is 5.92. The molecule has 7 heteroatoms. The summed E-state index contributed by atoms with van der Waals surface area (Å²) in [7, 11) is 0. The Morgan fingerprint density at radius 2 is 2.10 bits per heavy atom. The van der Waals surface area contributed by atoms with Gasteiger partial charge in [0, 0.05) is 18.3 Å². The molecular weight excluding hydrogens is 282 g/mol. The number of nitrogens with zero attached hydrogens (tertiary/aromatic N) is 1. The summed E-state index contributed by atoms with van der Waals surface area (Å²) < 4.78 is 25.8. The third-order valence-corrected chi connectivity index (χ3v) is 3.43. The van der Waals surface area contributed by atoms with Crippen LogP contribution in [0.15, 0.2) is 18.2 Å². The standard InChI is InChI=1S/C14H16F2N2O3/c15-11-4-3-10(6-12(11)16)17-13(19)8-18-5-1-2-9(7-18)14(20)21/h3-4,6,9H,1-2,5,7-8H2,(H,17,19)(H,20,21). The van der Waals surface area contributed by atoms with Crippen molar-refractivity contribution in [3.8, 4) is 0 Å². The highest BCUT2D eigenvalue weighted by Gasteiger charge is 2.26. The number of hydrogen-bond donors (Lipinski definition) is 2. The number of carboxylic acid groups (broad SMARTS) is 1. The third-order valence-electron chi connectivity index (χ3n) is 3.43. The molecule has 0 aromatic heterocycles. The van der Waals surface area contributed by atoms with Crippen LogP contribution in [0.3, 0.4) is 0 Å². The summed E-state index contributed by atoms with van der Waals surface area (Å²) >= 11 is 0. The summed E-state index contributed by atoms with van der Waals surface area (Å²) in [6.45, 7) is 0.998. The second-order valence-electron chi connectivity index (χ2n) is 5.09. The van der Waals surface area contributed by atoms with Gasteiger partial charge in [0.2, 0.25) is 5.91 Å². The van der Waals surface area contributed by atoms with Gasteiger partial charge in [-0.1, -0.05) is 0 Å². The Kier molecular flexibility index (Phi) is 4.85. The first-order valence-electron chi connectivity index (χ1n) is 6.66. The normalized spacial score (nSPS) is 19.2. The fourth-order valence-corrected chi connectivity index (χ4v) is 2.38. The predicted molar refractivity (Wildman–Crippen MR) is 71.8 cm³/mol. The van der Waals surface area contributed by atoms with Crippen molar-refractivity contribution < 1.29 is 23.5 Å². The van der Waals surface area contributed by atoms with Crippen molar-refractivity contribution in [1.82, 2.24) is 4.90 Å². The molecule has 2 N–H and O–H groups in total. The minimum atomic E-state index is -1.03. The molecule has 0 spiro atoms. The van der Waals surface area contributed by atoms with Crippen LogP contribution in [0.5, 0.6) is 0 Å². The molecule has 0 saturated carbocycles. The van der Waals surface area contributed by atoms with Crippen LogP contribution in [0.2, 0.25) is 0 Å². The van der Waals surface area contributed by atoms with Crippen LogP contribution < -0.4 is 5.32 Å². The molecule has 1 aromatic carbocycles. The molecule has 1 saturated heterocycles. The highest BCUT2D eigenvalue weighted by atomic mass is 19.2. The van der Waals surface area contributed by atoms with Gasteiger partial charge in [-0.05, 0) is 31.5 Å². The third kappa shape index (κ3) is 4.22. The monoisotopic (exact) mass is 298 g/mol. The lowest BCUT2D eigenvalue weighted by Crippen LogP contribution is -2.42. The van der Waals surface area contributed by atoms with E-state index in [0.29, 0.717) is 19.5 Å². The van der Waals surface area contributed by atoms with Crippen molar-refractivity contribution in [3.05, 3.63) is 29.8 Å². The largest absolute Gasteiger partial charge is 0.481 e. The number of aliphatic carboxylic acids is 1. The first-order chi connectivity index (χ1) is 9.95. The molecule has 21 heavy (non-hydrogen) atoms. The molecule has 1 fully saturated rings. The fourth-order valence-electron chi connectivity index (χ4n) is 2.38. The van der Waals surface area contributed by atoms with Gasteiger partial charge in [-0.2, -0.15) is 0 Å². The smallest absolute Gasteiger partial charge is 0.307 e. The van der Waals surface area contributed by atoms with Crippen molar-refractivity contribution in [2.45, 2.75) is 12.8 Å². The summed E-state index contributed by atoms with van der Waals surface area (Å²) in [5, 5.41) is 11.4. The number of carbonyl (C=O) groups excluding carboxylic acids is 1. The van der Waals surface area contributed by atoms with E-state index < -0.39 is 23.5 Å². The first kappa shape index (κ1) is 15.4. The number of carbonyl (C=O) groups is 2. The maximum absolute atomic E-state index is 13.0. The number of benzene rings is 1. The molecule has 0 bridgehead atoms. The molecule has 1 heterocycles. The number of carboxylic acids is 1. The maximum Gasteiger partial charge on any atom is 0.307 e. The molecular formula is C14H16F2N2O3. The summed E-state index contributed by atoms with van der Waals surface area (Å²) in [4.78, 5) is 24.5. The number of piperidine rings is 1. The van der Waals surface area contributed by atoms with Crippen LogP contribution in [0, 0.1) is 17.6 Å². The maximum atomic E-state index is 13.0. The predicted octanol–water partition coefficient (Wildman–Crippen LogP) is 1.70. The van der Waals surface area contributed by atoms with E-state index in [-0.39, 0.29) is 18.1 Å². The van der Waals surface area contributed by atoms with Gasteiger partial charge in [0.15, 0.2) is 11.6 Å². The summed E-state index contributed by atoms with van der Waals surface area (Å²) in [6.07, 6.45) is 1.33. The van der Waals surface area contributed by atoms with Crippen LogP contribution in [0.4, 0.5) is 14.5 Å². The Hall–Kier alpha value is -2.02. The number of amides is 1. The molecule has 1 atom stereocenters. The SMILES string of the molecule is O=C(CN1CCCC(C(=O)O)C1)Nc1ccc(F)c(F)c1. The van der Waals surface area contributed by atoms with E-state index in [2.05, 4.69) is 5.32 Å². The van der Waals surface area contributed by atoms with E-state index in [0.717, 1.165) is 18.6 Å². The molecule has 0 radical (unpaired) electrons. The zero-order valence-electron chi connectivity index (χ0n) is 11.3. The fraction of sp³-hybridized carbons (Fsp3) is 0.429. The molecule has 2 rings (SSSR count). The quantitative estimate of drug-likeness (QED) is 0.887. The number of likely N-dealkylation sites (tertiary alicyclic amines) is 1. The van der Waals surface area contributed by atoms with Crippen LogP contribution >= 0.6 is 0 Å². The van der Waals surface area contributed by atoms with Gasteiger partial charge in [0.1, 0.15) is 0 Å². The van der Waals surface area contributed by atoms with Crippen molar-refractivity contribution in [1.29, 1.82) is 0 Å². The van der Waals surface area contributed by atoms with Gasteiger partial charge in [-0.3, -0.25) is 14.5 Å². The van der Waals surface area contributed by atoms with Crippen LogP contribution in [-0.2, 0) is 9.59 Å². The molecule has 1 aromatic rings. The lowest BCUT2D eigenvalue weighted by atomic mass is 9.98. The second kappa shape index (κ2) is 6.62. The van der Waals surface area contributed by atoms with Gasteiger partial charge >= 0.3 is 5.97 Å². The zero-order valence-corrected chi connectivity index (χ0v) is 11.3. The number of nitrogens with one attached hydrogen (secondary N) is 1. The molecule has 0 aliphatic carbocycles. The van der Waals surface area contributed by atoms with E-state index in [1.807, 2.05) is 0 Å². The molecule has 1 aliphatic rings. The minimum absolute atomic E-state index is 0.0305. The number of halogens is 2.